The van der Waals surface area contributed by atoms with E-state index in [1.807, 2.05) is 0 Å². The first-order valence-corrected chi connectivity index (χ1v) is 8.54. The number of sulfone groups is 1. The van der Waals surface area contributed by atoms with E-state index in [-0.39, 0.29) is 35.7 Å². The number of nitrogens with one attached hydrogen (secondary N) is 2. The van der Waals surface area contributed by atoms with Crippen molar-refractivity contribution in [2.24, 2.45) is 5.92 Å². The standard InChI is InChI=1S/C14H18N2O4S/c1-10(17)15-12-2-4-13(5-3-12)16-14(18)8-11-6-7-21(19,20)9-11/h2-5,11H,6-9H2,1H3,(H,15,17)(H,16,18). The molecular weight excluding hydrogens is 292 g/mol. The van der Waals surface area contributed by atoms with Crippen molar-refractivity contribution in [1.29, 1.82) is 0 Å². The SMILES string of the molecule is CC(=O)Nc1ccc(NC(=O)CC2CCS(=O)(=O)C2)cc1. The van der Waals surface area contributed by atoms with Gasteiger partial charge in [0.25, 0.3) is 0 Å². The lowest BCUT2D eigenvalue weighted by molar-refractivity contribution is -0.117. The molecule has 1 aliphatic heterocycles. The molecule has 1 fully saturated rings. The van der Waals surface area contributed by atoms with Gasteiger partial charge in [0.1, 0.15) is 0 Å². The van der Waals surface area contributed by atoms with Crippen LogP contribution < -0.4 is 10.6 Å². The lowest BCUT2D eigenvalue weighted by Crippen LogP contribution is -2.17. The highest BCUT2D eigenvalue weighted by Crippen LogP contribution is 2.22. The molecular formula is C14H18N2O4S. The molecule has 7 heteroatoms. The van der Waals surface area contributed by atoms with Crippen molar-refractivity contribution in [3.8, 4) is 0 Å². The van der Waals surface area contributed by atoms with Crippen molar-refractivity contribution in [2.45, 2.75) is 19.8 Å². The van der Waals surface area contributed by atoms with Crippen LogP contribution in [0.4, 0.5) is 11.4 Å². The highest BCUT2D eigenvalue weighted by Gasteiger charge is 2.29. The minimum Gasteiger partial charge on any atom is -0.326 e. The molecule has 114 valence electrons. The number of benzene rings is 1. The van der Waals surface area contributed by atoms with Gasteiger partial charge in [-0.1, -0.05) is 0 Å². The van der Waals surface area contributed by atoms with Crippen LogP contribution in [0, 0.1) is 5.92 Å². The first-order chi connectivity index (χ1) is 9.84. The van der Waals surface area contributed by atoms with E-state index >= 15 is 0 Å². The second-order valence-electron chi connectivity index (χ2n) is 5.28. The second kappa shape index (κ2) is 6.26. The van der Waals surface area contributed by atoms with Crippen LogP contribution in [0.1, 0.15) is 19.8 Å². The fourth-order valence-electron chi connectivity index (χ4n) is 2.35. The molecule has 1 saturated heterocycles. The lowest BCUT2D eigenvalue weighted by Gasteiger charge is -2.09. The van der Waals surface area contributed by atoms with Crippen LogP contribution in [0.2, 0.25) is 0 Å². The number of amides is 2. The summed E-state index contributed by atoms with van der Waals surface area (Å²) >= 11 is 0. The third kappa shape index (κ3) is 4.86. The second-order valence-corrected chi connectivity index (χ2v) is 7.51. The van der Waals surface area contributed by atoms with Crippen molar-refractivity contribution in [2.75, 3.05) is 22.1 Å². The Morgan fingerprint density at radius 2 is 1.71 bits per heavy atom. The molecule has 0 aliphatic carbocycles. The Labute approximate surface area is 123 Å². The predicted octanol–water partition coefficient (Wildman–Crippen LogP) is 1.41. The maximum atomic E-state index is 11.9. The predicted molar refractivity (Wildman–Crippen MR) is 80.8 cm³/mol. The smallest absolute Gasteiger partial charge is 0.224 e. The van der Waals surface area contributed by atoms with Crippen LogP contribution in [0.25, 0.3) is 0 Å². The minimum atomic E-state index is -2.95. The molecule has 1 unspecified atom stereocenters. The third-order valence-electron chi connectivity index (χ3n) is 3.29. The van der Waals surface area contributed by atoms with E-state index in [2.05, 4.69) is 10.6 Å². The largest absolute Gasteiger partial charge is 0.326 e. The Morgan fingerprint density at radius 3 is 2.19 bits per heavy atom. The van der Waals surface area contributed by atoms with Gasteiger partial charge in [0.2, 0.25) is 11.8 Å². The van der Waals surface area contributed by atoms with Gasteiger partial charge in [-0.15, -0.1) is 0 Å². The zero-order valence-corrected chi connectivity index (χ0v) is 12.6. The van der Waals surface area contributed by atoms with Gasteiger partial charge in [0.05, 0.1) is 11.5 Å². The molecule has 0 radical (unpaired) electrons. The van der Waals surface area contributed by atoms with Gasteiger partial charge in [0.15, 0.2) is 9.84 Å². The average Bonchev–Trinajstić information content (AvgIpc) is 2.70. The van der Waals surface area contributed by atoms with E-state index in [0.29, 0.717) is 17.8 Å². The van der Waals surface area contributed by atoms with E-state index in [4.69, 9.17) is 0 Å². The first kappa shape index (κ1) is 15.5. The van der Waals surface area contributed by atoms with Gasteiger partial charge >= 0.3 is 0 Å². The molecule has 0 spiro atoms. The number of hydrogen-bond donors (Lipinski definition) is 2. The molecule has 0 saturated carbocycles. The van der Waals surface area contributed by atoms with E-state index < -0.39 is 9.84 Å². The minimum absolute atomic E-state index is 0.0892. The van der Waals surface area contributed by atoms with Crippen molar-refractivity contribution in [3.05, 3.63) is 24.3 Å². The van der Waals surface area contributed by atoms with Crippen LogP contribution >= 0.6 is 0 Å². The monoisotopic (exact) mass is 310 g/mol. The summed E-state index contributed by atoms with van der Waals surface area (Å²) in [6.07, 6.45) is 0.768. The van der Waals surface area contributed by atoms with E-state index in [0.717, 1.165) is 0 Å². The Morgan fingerprint density at radius 1 is 1.14 bits per heavy atom. The molecule has 1 aliphatic rings. The Bertz CT molecular complexity index is 637. The summed E-state index contributed by atoms with van der Waals surface area (Å²) in [6, 6.07) is 6.76. The number of anilines is 2. The van der Waals surface area contributed by atoms with Gasteiger partial charge in [-0.3, -0.25) is 9.59 Å². The fourth-order valence-corrected chi connectivity index (χ4v) is 4.21. The maximum Gasteiger partial charge on any atom is 0.224 e. The molecule has 1 heterocycles. The zero-order valence-electron chi connectivity index (χ0n) is 11.8. The number of carbonyl (C=O) groups is 2. The molecule has 0 bridgehead atoms. The Kier molecular flexibility index (Phi) is 4.62. The van der Waals surface area contributed by atoms with Crippen LogP contribution in [0.5, 0.6) is 0 Å². The van der Waals surface area contributed by atoms with E-state index in [1.54, 1.807) is 24.3 Å². The number of carbonyl (C=O) groups excluding carboxylic acids is 2. The van der Waals surface area contributed by atoms with Crippen LogP contribution in [-0.4, -0.2) is 31.7 Å². The van der Waals surface area contributed by atoms with Crippen molar-refractivity contribution < 1.29 is 18.0 Å². The Balaban J connectivity index is 1.86. The summed E-state index contributed by atoms with van der Waals surface area (Å²) in [4.78, 5) is 22.8. The van der Waals surface area contributed by atoms with Gasteiger partial charge < -0.3 is 10.6 Å². The fraction of sp³-hybridized carbons (Fsp3) is 0.429. The number of hydrogen-bond acceptors (Lipinski definition) is 4. The zero-order chi connectivity index (χ0) is 15.5. The molecule has 1 aromatic carbocycles. The van der Waals surface area contributed by atoms with E-state index in [1.165, 1.54) is 6.92 Å². The molecule has 1 atom stereocenters. The van der Waals surface area contributed by atoms with Crippen LogP contribution in [-0.2, 0) is 19.4 Å². The highest BCUT2D eigenvalue weighted by molar-refractivity contribution is 7.91. The topological polar surface area (TPSA) is 92.3 Å². The summed E-state index contributed by atoms with van der Waals surface area (Å²) < 4.78 is 22.7. The molecule has 2 amide bonds. The van der Waals surface area contributed by atoms with Crippen molar-refractivity contribution in [1.82, 2.24) is 0 Å². The summed E-state index contributed by atoms with van der Waals surface area (Å²) in [5, 5.41) is 5.36. The average molecular weight is 310 g/mol. The third-order valence-corrected chi connectivity index (χ3v) is 5.13. The van der Waals surface area contributed by atoms with Crippen molar-refractivity contribution in [3.63, 3.8) is 0 Å². The summed E-state index contributed by atoms with van der Waals surface area (Å²) in [7, 11) is -2.95. The molecule has 6 nitrogen and oxygen atoms in total. The van der Waals surface area contributed by atoms with Gasteiger partial charge in [-0.25, -0.2) is 8.42 Å². The molecule has 2 N–H and O–H groups in total. The van der Waals surface area contributed by atoms with Crippen LogP contribution in [0.15, 0.2) is 24.3 Å². The first-order valence-electron chi connectivity index (χ1n) is 6.72. The molecule has 0 aromatic heterocycles. The van der Waals surface area contributed by atoms with Crippen molar-refractivity contribution >= 4 is 33.0 Å². The van der Waals surface area contributed by atoms with Gasteiger partial charge in [0, 0.05) is 24.7 Å². The quantitative estimate of drug-likeness (QED) is 0.879. The lowest BCUT2D eigenvalue weighted by atomic mass is 10.1. The molecule has 2 rings (SSSR count). The molecule has 21 heavy (non-hydrogen) atoms. The normalized spacial score (nSPS) is 20.0. The highest BCUT2D eigenvalue weighted by atomic mass is 32.2. The molecule has 1 aromatic rings. The van der Waals surface area contributed by atoms with Crippen LogP contribution in [0.3, 0.4) is 0 Å². The summed E-state index contributed by atoms with van der Waals surface area (Å²) in [5.41, 5.74) is 1.28. The summed E-state index contributed by atoms with van der Waals surface area (Å²) in [6.45, 7) is 1.42. The summed E-state index contributed by atoms with van der Waals surface area (Å²) in [5.74, 6) is -0.162. The van der Waals surface area contributed by atoms with Gasteiger partial charge in [-0.05, 0) is 36.6 Å². The number of rotatable bonds is 4. The van der Waals surface area contributed by atoms with E-state index in [9.17, 15) is 18.0 Å². The maximum absolute atomic E-state index is 11.9. The van der Waals surface area contributed by atoms with Gasteiger partial charge in [-0.2, -0.15) is 0 Å². The Hall–Kier alpha value is -1.89.